The highest BCUT2D eigenvalue weighted by atomic mass is 32.4. The maximum atomic E-state index is 6.07. The SMILES string of the molecule is CC(C)(C)P(=S)(NC1C=CC=C1)C1C=CC=C1. The molecule has 1 nitrogen and oxygen atoms in total. The van der Waals surface area contributed by atoms with Crippen LogP contribution < -0.4 is 5.09 Å². The third-order valence-electron chi connectivity index (χ3n) is 3.23. The quantitative estimate of drug-likeness (QED) is 0.780. The smallest absolute Gasteiger partial charge is 0.0482 e. The molecule has 0 aromatic rings. The summed E-state index contributed by atoms with van der Waals surface area (Å²) >= 11 is 6.07. The van der Waals surface area contributed by atoms with E-state index >= 15 is 0 Å². The van der Waals surface area contributed by atoms with E-state index < -0.39 is 6.19 Å². The summed E-state index contributed by atoms with van der Waals surface area (Å²) in [6, 6.07) is 0.308. The Morgan fingerprint density at radius 2 is 1.41 bits per heavy atom. The van der Waals surface area contributed by atoms with Gasteiger partial charge in [-0.3, -0.25) is 5.09 Å². The lowest BCUT2D eigenvalue weighted by atomic mass is 10.3. The van der Waals surface area contributed by atoms with Crippen LogP contribution in [0, 0.1) is 0 Å². The van der Waals surface area contributed by atoms with Gasteiger partial charge in [0, 0.05) is 23.0 Å². The largest absolute Gasteiger partial charge is 0.277 e. The first kappa shape index (κ1) is 13.0. The summed E-state index contributed by atoms with van der Waals surface area (Å²) in [5.74, 6) is 0. The molecular formula is C14H20NPS. The fraction of sp³-hybridized carbons (Fsp3) is 0.429. The van der Waals surface area contributed by atoms with Gasteiger partial charge in [0.1, 0.15) is 0 Å². The minimum absolute atomic E-state index is 0.121. The minimum Gasteiger partial charge on any atom is -0.277 e. The number of hydrogen-bond acceptors (Lipinski definition) is 1. The summed E-state index contributed by atoms with van der Waals surface area (Å²) in [4.78, 5) is 0. The zero-order chi connectivity index (χ0) is 12.5. The summed E-state index contributed by atoms with van der Waals surface area (Å²) < 4.78 is 0. The molecule has 92 valence electrons. The van der Waals surface area contributed by atoms with Crippen LogP contribution >= 0.6 is 6.19 Å². The van der Waals surface area contributed by atoms with Crippen LogP contribution in [0.15, 0.2) is 48.6 Å². The van der Waals surface area contributed by atoms with Crippen molar-refractivity contribution in [2.45, 2.75) is 37.6 Å². The van der Waals surface area contributed by atoms with Crippen LogP contribution in [-0.2, 0) is 11.8 Å². The summed E-state index contributed by atoms with van der Waals surface area (Å²) in [5.41, 5.74) is 0.389. The number of rotatable bonds is 3. The molecule has 0 spiro atoms. The summed E-state index contributed by atoms with van der Waals surface area (Å²) in [5, 5.41) is 3.85. The third-order valence-corrected chi connectivity index (χ3v) is 9.78. The molecule has 0 aromatic heterocycles. The van der Waals surface area contributed by atoms with Gasteiger partial charge in [-0.1, -0.05) is 81.2 Å². The second-order valence-corrected chi connectivity index (χ2v) is 10.8. The molecular weight excluding hydrogens is 245 g/mol. The zero-order valence-corrected chi connectivity index (χ0v) is 12.3. The number of hydrogen-bond donors (Lipinski definition) is 1. The summed E-state index contributed by atoms with van der Waals surface area (Å²) in [7, 11) is 0. The van der Waals surface area contributed by atoms with E-state index in [9.17, 15) is 0 Å². The van der Waals surface area contributed by atoms with Crippen LogP contribution in [0.1, 0.15) is 20.8 Å². The summed E-state index contributed by atoms with van der Waals surface area (Å²) in [6.07, 6.45) is 15.5. The van der Waals surface area contributed by atoms with Crippen molar-refractivity contribution >= 4 is 18.0 Å². The standard InChI is InChI=1S/C14H20NPS/c1-14(2,3)16(17,13-10-6-7-11-13)15-12-8-4-5-9-12/h4-13H,1-3H3,(H,15,17). The highest BCUT2D eigenvalue weighted by Gasteiger charge is 2.38. The maximum absolute atomic E-state index is 6.07. The van der Waals surface area contributed by atoms with Crippen LogP contribution in [0.25, 0.3) is 0 Å². The van der Waals surface area contributed by atoms with Gasteiger partial charge in [-0.05, 0) is 0 Å². The first-order valence-corrected chi connectivity index (χ1v) is 8.88. The van der Waals surface area contributed by atoms with Gasteiger partial charge in [-0.2, -0.15) is 0 Å². The molecule has 0 radical (unpaired) electrons. The molecule has 2 aliphatic carbocycles. The second-order valence-electron chi connectivity index (χ2n) is 5.51. The van der Waals surface area contributed by atoms with E-state index in [-0.39, 0.29) is 5.16 Å². The topological polar surface area (TPSA) is 12.0 Å². The van der Waals surface area contributed by atoms with Gasteiger partial charge in [0.15, 0.2) is 0 Å². The van der Waals surface area contributed by atoms with Crippen molar-refractivity contribution in [3.05, 3.63) is 48.6 Å². The highest BCUT2D eigenvalue weighted by Crippen LogP contribution is 2.60. The van der Waals surface area contributed by atoms with E-state index in [1.165, 1.54) is 0 Å². The molecule has 1 N–H and O–H groups in total. The van der Waals surface area contributed by atoms with Crippen molar-refractivity contribution in [3.63, 3.8) is 0 Å². The normalized spacial score (nSPS) is 23.7. The molecule has 0 saturated carbocycles. The van der Waals surface area contributed by atoms with E-state index in [1.807, 2.05) is 0 Å². The van der Waals surface area contributed by atoms with E-state index in [1.54, 1.807) is 0 Å². The van der Waals surface area contributed by atoms with E-state index in [2.05, 4.69) is 74.5 Å². The predicted molar refractivity (Wildman–Crippen MR) is 81.3 cm³/mol. The lowest BCUT2D eigenvalue weighted by Gasteiger charge is -2.40. The van der Waals surface area contributed by atoms with Gasteiger partial charge in [-0.15, -0.1) is 0 Å². The van der Waals surface area contributed by atoms with E-state index in [4.69, 9.17) is 11.8 Å². The lowest BCUT2D eigenvalue weighted by molar-refractivity contribution is 0.748. The number of allylic oxidation sites excluding steroid dienone is 6. The molecule has 0 aromatic carbocycles. The molecule has 0 amide bonds. The zero-order valence-electron chi connectivity index (χ0n) is 10.6. The maximum Gasteiger partial charge on any atom is 0.0482 e. The Kier molecular flexibility index (Phi) is 3.58. The van der Waals surface area contributed by atoms with Gasteiger partial charge in [0.2, 0.25) is 0 Å². The first-order valence-electron chi connectivity index (χ1n) is 6.01. The Balaban J connectivity index is 2.27. The molecule has 0 fully saturated rings. The summed E-state index contributed by atoms with van der Waals surface area (Å²) in [6.45, 7) is 6.76. The highest BCUT2D eigenvalue weighted by molar-refractivity contribution is 8.14. The second kappa shape index (κ2) is 4.68. The fourth-order valence-electron chi connectivity index (χ4n) is 2.13. The molecule has 0 saturated heterocycles. The van der Waals surface area contributed by atoms with Gasteiger partial charge < -0.3 is 0 Å². The lowest BCUT2D eigenvalue weighted by Crippen LogP contribution is -2.35. The average Bonchev–Trinajstić information content (AvgIpc) is 2.87. The van der Waals surface area contributed by atoms with Crippen molar-refractivity contribution < 1.29 is 0 Å². The number of nitrogens with one attached hydrogen (secondary N) is 1. The van der Waals surface area contributed by atoms with Crippen molar-refractivity contribution in [1.29, 1.82) is 0 Å². The minimum atomic E-state index is -1.69. The van der Waals surface area contributed by atoms with Crippen molar-refractivity contribution in [1.82, 2.24) is 5.09 Å². The van der Waals surface area contributed by atoms with Crippen molar-refractivity contribution in [2.24, 2.45) is 0 Å². The van der Waals surface area contributed by atoms with Crippen molar-refractivity contribution in [3.8, 4) is 0 Å². The molecule has 0 bridgehead atoms. The van der Waals surface area contributed by atoms with Crippen LogP contribution in [0.2, 0.25) is 0 Å². The Morgan fingerprint density at radius 3 is 1.88 bits per heavy atom. The fourth-order valence-corrected chi connectivity index (χ4v) is 5.67. The monoisotopic (exact) mass is 265 g/mol. The Labute approximate surface area is 109 Å². The van der Waals surface area contributed by atoms with E-state index in [0.29, 0.717) is 11.7 Å². The Morgan fingerprint density at radius 1 is 0.941 bits per heavy atom. The molecule has 2 rings (SSSR count). The average molecular weight is 265 g/mol. The molecule has 1 atom stereocenters. The molecule has 3 heteroatoms. The van der Waals surface area contributed by atoms with Gasteiger partial charge in [0.25, 0.3) is 0 Å². The van der Waals surface area contributed by atoms with Gasteiger partial charge in [0.05, 0.1) is 0 Å². The Bertz CT molecular complexity index is 427. The van der Waals surface area contributed by atoms with Crippen LogP contribution in [0.3, 0.4) is 0 Å². The molecule has 17 heavy (non-hydrogen) atoms. The van der Waals surface area contributed by atoms with Crippen molar-refractivity contribution in [2.75, 3.05) is 0 Å². The van der Waals surface area contributed by atoms with Crippen LogP contribution in [0.4, 0.5) is 0 Å². The predicted octanol–water partition coefficient (Wildman–Crippen LogP) is 3.76. The first-order chi connectivity index (χ1) is 7.93. The van der Waals surface area contributed by atoms with Gasteiger partial charge in [-0.25, -0.2) is 0 Å². The van der Waals surface area contributed by atoms with Crippen LogP contribution in [-0.4, -0.2) is 16.9 Å². The third kappa shape index (κ3) is 2.54. The Hall–Kier alpha value is -0.430. The van der Waals surface area contributed by atoms with Crippen LogP contribution in [0.5, 0.6) is 0 Å². The molecule has 0 aliphatic heterocycles. The van der Waals surface area contributed by atoms with Gasteiger partial charge >= 0.3 is 0 Å². The molecule has 2 aliphatic rings. The van der Waals surface area contributed by atoms with E-state index in [0.717, 1.165) is 0 Å². The molecule has 1 unspecified atom stereocenters. The molecule has 0 heterocycles.